The van der Waals surface area contributed by atoms with E-state index in [9.17, 15) is 4.79 Å². The normalized spacial score (nSPS) is 25.4. The van der Waals surface area contributed by atoms with E-state index in [2.05, 4.69) is 31.9 Å². The van der Waals surface area contributed by atoms with Crippen LogP contribution >= 0.6 is 28.1 Å². The Morgan fingerprint density at radius 1 is 1.30 bits per heavy atom. The highest BCUT2D eigenvalue weighted by molar-refractivity contribution is 9.10. The van der Waals surface area contributed by atoms with E-state index in [1.165, 1.54) is 0 Å². The molecule has 1 saturated heterocycles. The molecule has 0 saturated carbocycles. The molecule has 0 radical (unpaired) electrons. The van der Waals surface area contributed by atoms with Crippen LogP contribution in [-0.4, -0.2) is 23.9 Å². The first-order valence-corrected chi connectivity index (χ1v) is 9.62. The summed E-state index contributed by atoms with van der Waals surface area (Å²) in [4.78, 5) is 13.2. The monoisotopic (exact) mass is 447 g/mol. The zero-order valence-corrected chi connectivity index (χ0v) is 17.1. The summed E-state index contributed by atoms with van der Waals surface area (Å²) in [5, 5.41) is 9.78. The number of nitrogens with one attached hydrogen (secondary N) is 3. The van der Waals surface area contributed by atoms with Crippen LogP contribution in [0.3, 0.4) is 0 Å². The van der Waals surface area contributed by atoms with E-state index in [4.69, 9.17) is 21.7 Å². The molecule has 140 valence electrons. The zero-order valence-electron chi connectivity index (χ0n) is 14.7. The maximum absolute atomic E-state index is 13.2. The predicted octanol–water partition coefficient (Wildman–Crippen LogP) is 3.34. The molecule has 0 aliphatic carbocycles. The van der Waals surface area contributed by atoms with Crippen molar-refractivity contribution in [2.24, 2.45) is 5.92 Å². The molecule has 2 aliphatic heterocycles. The van der Waals surface area contributed by atoms with E-state index in [0.717, 1.165) is 21.5 Å². The molecule has 4 rings (SSSR count). The van der Waals surface area contributed by atoms with Crippen molar-refractivity contribution in [3.05, 3.63) is 52.5 Å². The predicted molar refractivity (Wildman–Crippen MR) is 110 cm³/mol. The fourth-order valence-electron chi connectivity index (χ4n) is 3.61. The fourth-order valence-corrected chi connectivity index (χ4v) is 4.32. The first kappa shape index (κ1) is 18.1. The minimum atomic E-state index is -0.954. The summed E-state index contributed by atoms with van der Waals surface area (Å²) in [5.74, 6) is 0.751. The van der Waals surface area contributed by atoms with Gasteiger partial charge in [0, 0.05) is 15.7 Å². The molecule has 27 heavy (non-hydrogen) atoms. The van der Waals surface area contributed by atoms with Gasteiger partial charge in [0.2, 0.25) is 5.91 Å². The average molecular weight is 448 g/mol. The van der Waals surface area contributed by atoms with Gasteiger partial charge in [0.1, 0.15) is 17.4 Å². The highest BCUT2D eigenvalue weighted by Gasteiger charge is 2.54. The van der Waals surface area contributed by atoms with Crippen LogP contribution in [0.25, 0.3) is 0 Å². The molecular formula is C19H18BrN3O3S. The van der Waals surface area contributed by atoms with E-state index in [1.807, 2.05) is 25.1 Å². The Morgan fingerprint density at radius 3 is 2.74 bits per heavy atom. The number of halogens is 1. The minimum absolute atomic E-state index is 0.166. The Labute approximate surface area is 170 Å². The van der Waals surface area contributed by atoms with Crippen molar-refractivity contribution in [3.63, 3.8) is 0 Å². The molecule has 2 bridgehead atoms. The lowest BCUT2D eigenvalue weighted by Crippen LogP contribution is -2.70. The van der Waals surface area contributed by atoms with Gasteiger partial charge in [-0.25, -0.2) is 0 Å². The number of benzene rings is 2. The molecular weight excluding hydrogens is 430 g/mol. The Morgan fingerprint density at radius 2 is 2.04 bits per heavy atom. The number of methoxy groups -OCH3 is 1. The number of anilines is 1. The Bertz CT molecular complexity index is 921. The standard InChI is InChI=1S/C19H18BrN3O3S/c1-19-15(17(24)21-11-4-6-12(25-2)7-5-11)16(22-18(27)23-19)13-9-10(20)3-8-14(13)26-19/h3-9,15-16H,1-2H3,(H,21,24)(H2,22,23,27)/t15-,16+,19+/m0/s1. The van der Waals surface area contributed by atoms with Crippen molar-refractivity contribution >= 4 is 44.9 Å². The zero-order chi connectivity index (χ0) is 19.2. The number of carbonyl (C=O) groups excluding carboxylic acids is 1. The molecule has 0 aromatic heterocycles. The first-order valence-electron chi connectivity index (χ1n) is 8.42. The van der Waals surface area contributed by atoms with Gasteiger partial charge in [-0.15, -0.1) is 0 Å². The molecule has 1 amide bonds. The van der Waals surface area contributed by atoms with Gasteiger partial charge in [0.15, 0.2) is 10.8 Å². The SMILES string of the molecule is COc1ccc(NC(=O)[C@@H]2[C@@H]3NC(=S)N[C@]2(C)Oc2ccc(Br)cc23)cc1. The maximum atomic E-state index is 13.2. The molecule has 2 heterocycles. The Hall–Kier alpha value is -2.32. The summed E-state index contributed by atoms with van der Waals surface area (Å²) in [7, 11) is 1.60. The molecule has 3 N–H and O–H groups in total. The van der Waals surface area contributed by atoms with Gasteiger partial charge in [-0.3, -0.25) is 4.79 Å². The molecule has 1 fully saturated rings. The van der Waals surface area contributed by atoms with Gasteiger partial charge in [0.05, 0.1) is 13.2 Å². The summed E-state index contributed by atoms with van der Waals surface area (Å²) in [6.07, 6.45) is 0. The molecule has 2 aromatic carbocycles. The molecule has 3 atom stereocenters. The van der Waals surface area contributed by atoms with E-state index in [1.54, 1.807) is 31.4 Å². The van der Waals surface area contributed by atoms with Gasteiger partial charge in [-0.2, -0.15) is 0 Å². The van der Waals surface area contributed by atoms with E-state index >= 15 is 0 Å². The quantitative estimate of drug-likeness (QED) is 0.626. The van der Waals surface area contributed by atoms with Crippen LogP contribution in [0.2, 0.25) is 0 Å². The third-order valence-corrected chi connectivity index (χ3v) is 5.56. The summed E-state index contributed by atoms with van der Waals surface area (Å²) in [5.41, 5.74) is 0.621. The van der Waals surface area contributed by atoms with Crippen molar-refractivity contribution < 1.29 is 14.3 Å². The fraction of sp³-hybridized carbons (Fsp3) is 0.263. The number of amides is 1. The second-order valence-electron chi connectivity index (χ2n) is 6.66. The maximum Gasteiger partial charge on any atom is 0.236 e. The highest BCUT2D eigenvalue weighted by atomic mass is 79.9. The third-order valence-electron chi connectivity index (χ3n) is 4.84. The second kappa shape index (κ2) is 6.69. The van der Waals surface area contributed by atoms with Crippen molar-refractivity contribution in [2.45, 2.75) is 18.7 Å². The van der Waals surface area contributed by atoms with Crippen molar-refractivity contribution in [1.82, 2.24) is 10.6 Å². The number of carbonyl (C=O) groups is 1. The smallest absolute Gasteiger partial charge is 0.236 e. The topological polar surface area (TPSA) is 71.6 Å². The minimum Gasteiger partial charge on any atom is -0.497 e. The molecule has 0 unspecified atom stereocenters. The molecule has 6 nitrogen and oxygen atoms in total. The largest absolute Gasteiger partial charge is 0.497 e. The number of hydrogen-bond acceptors (Lipinski definition) is 4. The van der Waals surface area contributed by atoms with Crippen LogP contribution in [0, 0.1) is 5.92 Å². The molecule has 0 spiro atoms. The summed E-state index contributed by atoms with van der Waals surface area (Å²) < 4.78 is 12.3. The van der Waals surface area contributed by atoms with Crippen LogP contribution < -0.4 is 25.4 Å². The summed E-state index contributed by atoms with van der Waals surface area (Å²) in [6, 6.07) is 12.6. The van der Waals surface area contributed by atoms with Crippen LogP contribution in [-0.2, 0) is 4.79 Å². The van der Waals surface area contributed by atoms with E-state index in [0.29, 0.717) is 10.8 Å². The first-order chi connectivity index (χ1) is 12.9. The van der Waals surface area contributed by atoms with Crippen LogP contribution in [0.4, 0.5) is 5.69 Å². The third kappa shape index (κ3) is 3.23. The number of thiocarbonyl (C=S) groups is 1. The average Bonchev–Trinajstić information content (AvgIpc) is 2.62. The summed E-state index contributed by atoms with van der Waals surface area (Å²) in [6.45, 7) is 1.84. The lowest BCUT2D eigenvalue weighted by atomic mass is 9.80. The van der Waals surface area contributed by atoms with Crippen LogP contribution in [0.15, 0.2) is 46.9 Å². The van der Waals surface area contributed by atoms with Gasteiger partial charge < -0.3 is 25.4 Å². The number of fused-ring (bicyclic) bond motifs is 4. The Balaban J connectivity index is 1.68. The van der Waals surface area contributed by atoms with Crippen molar-refractivity contribution in [3.8, 4) is 11.5 Å². The lowest BCUT2D eigenvalue weighted by Gasteiger charge is -2.50. The van der Waals surface area contributed by atoms with Crippen LogP contribution in [0.1, 0.15) is 18.5 Å². The van der Waals surface area contributed by atoms with E-state index < -0.39 is 11.6 Å². The Kier molecular flexibility index (Phi) is 4.47. The van der Waals surface area contributed by atoms with Crippen molar-refractivity contribution in [2.75, 3.05) is 12.4 Å². The van der Waals surface area contributed by atoms with Gasteiger partial charge in [-0.1, -0.05) is 15.9 Å². The van der Waals surface area contributed by atoms with Crippen molar-refractivity contribution in [1.29, 1.82) is 0 Å². The molecule has 8 heteroatoms. The summed E-state index contributed by atoms with van der Waals surface area (Å²) >= 11 is 8.82. The van der Waals surface area contributed by atoms with Gasteiger partial charge >= 0.3 is 0 Å². The molecule has 2 aliphatic rings. The van der Waals surface area contributed by atoms with Gasteiger partial charge in [0.25, 0.3) is 0 Å². The lowest BCUT2D eigenvalue weighted by molar-refractivity contribution is -0.132. The van der Waals surface area contributed by atoms with Crippen LogP contribution in [0.5, 0.6) is 11.5 Å². The second-order valence-corrected chi connectivity index (χ2v) is 7.99. The molecule has 2 aromatic rings. The van der Waals surface area contributed by atoms with E-state index in [-0.39, 0.29) is 11.9 Å². The number of ether oxygens (including phenoxy) is 2. The highest BCUT2D eigenvalue weighted by Crippen LogP contribution is 2.45. The number of rotatable bonds is 3. The van der Waals surface area contributed by atoms with Gasteiger partial charge in [-0.05, 0) is 61.6 Å². The number of hydrogen-bond donors (Lipinski definition) is 3.